The number of likely N-dealkylation sites (tertiary alicyclic amines) is 3. The third-order valence-electron chi connectivity index (χ3n) is 23.3. The number of rotatable bonds is 34. The van der Waals surface area contributed by atoms with E-state index in [0.29, 0.717) is 118 Å². The average Bonchev–Trinajstić information content (AvgIpc) is 1.61. The van der Waals surface area contributed by atoms with E-state index in [0.717, 1.165) is 133 Å². The van der Waals surface area contributed by atoms with E-state index in [2.05, 4.69) is 60.4 Å². The monoisotopic (exact) mass is 1890 g/mol. The van der Waals surface area contributed by atoms with Gasteiger partial charge in [0.25, 0.3) is 11.8 Å². The second-order valence-electron chi connectivity index (χ2n) is 34.5. The van der Waals surface area contributed by atoms with Gasteiger partial charge in [-0.25, -0.2) is 14.4 Å². The number of carbonyl (C=O) groups excluding carboxylic acids is 5. The zero-order chi connectivity index (χ0) is 98.1. The highest BCUT2D eigenvalue weighted by Gasteiger charge is 2.49. The highest BCUT2D eigenvalue weighted by atomic mass is 35.5. The molecule has 3 saturated heterocycles. The molecule has 6 unspecified atom stereocenters. The molecule has 2 aromatic heterocycles. The molecule has 3 aliphatic carbocycles. The molecule has 0 saturated carbocycles. The summed E-state index contributed by atoms with van der Waals surface area (Å²) >= 11 is 5.35. The molecule has 0 spiro atoms. The quantitative estimate of drug-likeness (QED) is 0.00545. The molecule has 6 aliphatic rings. The number of aromatic nitrogens is 4. The van der Waals surface area contributed by atoms with Crippen molar-refractivity contribution in [2.24, 2.45) is 28.6 Å². The standard InChI is InChI=1S/2C25H28N4O4.C15H19N3O2.C13H19NO3.C11H15NO3.C9H10O3.C4H10ClN/c2*1-28(2)11-13-32-18-8-6-16(7-9-18)25-26-24(27-33-25)20-5-3-4-19-21(20)14-17-15-22(31)29(10-12-30)23(17)19;1-2-6-18-13(19)8-9-7-12-10(14(9)18)4-3-5-11(12)15(16)17-20;1-4-16-13(15)11-5-7-12(8-6-11)17-10-9-14(2)3;1-12(2)7-8-15-10-5-3-9(4-6-10)11(13)14;1-2-12-9(11)7-3-5-8(10)6-4-7;1-6(2)4-3-5/h2*3-9,17,23,30H,10-15H2,1-2H3;3-5,9,14,20H,2,6-8H2,1H3,(H2,16,17);5-8H,4,9-10H2,1-3H3;3-6H,7-8H2,1-2H3,(H,13,14);3-6,10H,2H2,1H3;3-4H2,1-2H3. The van der Waals surface area contributed by atoms with Crippen molar-refractivity contribution in [2.75, 3.05) is 182 Å². The van der Waals surface area contributed by atoms with Crippen molar-refractivity contribution in [3.8, 4) is 74.4 Å². The largest absolute Gasteiger partial charge is 0.508 e. The number of carboxylic acids is 1. The number of oxime groups is 1. The lowest BCUT2D eigenvalue weighted by Crippen LogP contribution is -2.30. The zero-order valence-electron chi connectivity index (χ0n) is 79.9. The predicted octanol–water partition coefficient (Wildman–Crippen LogP) is 12.7. The van der Waals surface area contributed by atoms with Crippen LogP contribution in [0.3, 0.4) is 0 Å². The Hall–Kier alpha value is -12.9. The minimum atomic E-state index is -0.921. The van der Waals surface area contributed by atoms with Crippen LogP contribution in [0.2, 0.25) is 0 Å². The molecule has 5 heterocycles. The van der Waals surface area contributed by atoms with Crippen molar-refractivity contribution in [1.29, 1.82) is 0 Å². The number of benzene rings is 8. The van der Waals surface area contributed by atoms with Gasteiger partial charge in [0.05, 0.1) is 61.2 Å². The van der Waals surface area contributed by atoms with Gasteiger partial charge >= 0.3 is 17.9 Å². The highest BCUT2D eigenvalue weighted by Crippen LogP contribution is 2.52. The molecule has 3 aliphatic heterocycles. The minimum Gasteiger partial charge on any atom is -0.508 e. The number of carbonyl (C=O) groups is 6. The van der Waals surface area contributed by atoms with Crippen molar-refractivity contribution < 1.29 is 91.9 Å². The molecule has 34 heteroatoms. The molecule has 136 heavy (non-hydrogen) atoms. The van der Waals surface area contributed by atoms with Crippen LogP contribution < -0.4 is 24.7 Å². The number of amidine groups is 1. The van der Waals surface area contributed by atoms with Crippen molar-refractivity contribution >= 4 is 53.1 Å². The number of aliphatic hydroxyl groups is 2. The van der Waals surface area contributed by atoms with E-state index < -0.39 is 5.97 Å². The van der Waals surface area contributed by atoms with Crippen LogP contribution in [0, 0.1) is 17.8 Å². The van der Waals surface area contributed by atoms with Crippen molar-refractivity contribution in [3.05, 3.63) is 232 Å². The summed E-state index contributed by atoms with van der Waals surface area (Å²) in [6.45, 7) is 14.7. The summed E-state index contributed by atoms with van der Waals surface area (Å²) < 4.78 is 43.2. The number of phenolic OH excluding ortho intramolecular Hbond substituents is 1. The van der Waals surface area contributed by atoms with E-state index in [9.17, 15) is 39.0 Å². The number of esters is 2. The first-order valence-electron chi connectivity index (χ1n) is 45.7. The molecule has 10 aromatic rings. The molecule has 3 amide bonds. The summed E-state index contributed by atoms with van der Waals surface area (Å²) in [4.78, 5) is 95.1. The van der Waals surface area contributed by atoms with E-state index in [4.69, 9.17) is 70.2 Å². The molecule has 7 N–H and O–H groups in total. The van der Waals surface area contributed by atoms with Gasteiger partial charge < -0.3 is 108 Å². The topological polar surface area (TPSA) is 401 Å². The Balaban J connectivity index is 0.000000173. The Morgan fingerprint density at radius 3 is 1.10 bits per heavy atom. The van der Waals surface area contributed by atoms with E-state index in [1.807, 2.05) is 185 Å². The maximum Gasteiger partial charge on any atom is 0.338 e. The summed E-state index contributed by atoms with van der Waals surface area (Å²) in [5.41, 5.74) is 18.3. The van der Waals surface area contributed by atoms with Crippen LogP contribution in [0.5, 0.6) is 28.7 Å². The molecule has 16 rings (SSSR count). The molecule has 33 nitrogen and oxygen atoms in total. The van der Waals surface area contributed by atoms with E-state index in [1.165, 1.54) is 53.1 Å². The lowest BCUT2D eigenvalue weighted by Gasteiger charge is -2.24. The molecule has 6 atom stereocenters. The fourth-order valence-electron chi connectivity index (χ4n) is 16.7. The number of aromatic hydroxyl groups is 1. The Kier molecular flexibility index (Phi) is 40.5. The molecule has 0 radical (unpaired) electrons. The number of alkyl halides is 1. The number of carboxylic acid groups (broad SMARTS) is 1. The maximum absolute atomic E-state index is 12.4. The van der Waals surface area contributed by atoms with Crippen LogP contribution in [-0.2, 0) is 43.1 Å². The Morgan fingerprint density at radius 1 is 0.449 bits per heavy atom. The number of aromatic carboxylic acids is 1. The first-order valence-corrected chi connectivity index (χ1v) is 46.2. The maximum atomic E-state index is 12.4. The van der Waals surface area contributed by atoms with E-state index >= 15 is 0 Å². The van der Waals surface area contributed by atoms with Crippen LogP contribution in [0.4, 0.5) is 0 Å². The normalized spacial score (nSPS) is 16.7. The fraction of sp³-hybridized carbons (Fsp3) is 0.422. The molecular formula is C102H129ClN14O19. The van der Waals surface area contributed by atoms with Crippen molar-refractivity contribution in [3.63, 3.8) is 0 Å². The number of hydrogen-bond donors (Lipinski definition) is 6. The van der Waals surface area contributed by atoms with Crippen LogP contribution in [-0.4, -0.2) is 308 Å². The molecule has 728 valence electrons. The summed E-state index contributed by atoms with van der Waals surface area (Å²) in [6.07, 6.45) is 5.02. The minimum absolute atomic E-state index is 0.0195. The number of hydrogen-bond acceptors (Lipinski definition) is 28. The summed E-state index contributed by atoms with van der Waals surface area (Å²) in [5, 5.41) is 56.9. The van der Waals surface area contributed by atoms with Crippen LogP contribution in [0.1, 0.15) is 135 Å². The fourth-order valence-corrected chi connectivity index (χ4v) is 17.1. The lowest BCUT2D eigenvalue weighted by atomic mass is 10.0. The summed E-state index contributed by atoms with van der Waals surface area (Å²) in [5.74, 6) is 5.78. The zero-order valence-corrected chi connectivity index (χ0v) is 80.7. The number of fused-ring (bicyclic) bond motifs is 9. The van der Waals surface area contributed by atoms with Crippen LogP contribution >= 0.6 is 11.6 Å². The second kappa shape index (κ2) is 52.3. The van der Waals surface area contributed by atoms with Gasteiger partial charge in [-0.2, -0.15) is 9.97 Å². The number of halogens is 1. The van der Waals surface area contributed by atoms with Crippen LogP contribution in [0.15, 0.2) is 190 Å². The molecular weight excluding hydrogens is 1760 g/mol. The van der Waals surface area contributed by atoms with Gasteiger partial charge in [-0.05, 0) is 282 Å². The van der Waals surface area contributed by atoms with Crippen LogP contribution in [0.25, 0.3) is 45.7 Å². The van der Waals surface area contributed by atoms with Gasteiger partial charge in [0.1, 0.15) is 55.2 Å². The van der Waals surface area contributed by atoms with E-state index in [-0.39, 0.29) is 90.0 Å². The van der Waals surface area contributed by atoms with E-state index in [1.54, 1.807) is 50.2 Å². The lowest BCUT2D eigenvalue weighted by molar-refractivity contribution is -0.130. The Labute approximate surface area is 800 Å². The number of ether oxygens (including phenoxy) is 6. The summed E-state index contributed by atoms with van der Waals surface area (Å²) in [7, 11) is 20.0. The first-order chi connectivity index (χ1) is 65.5. The third kappa shape index (κ3) is 29.1. The summed E-state index contributed by atoms with van der Waals surface area (Å²) in [6, 6.07) is 52.8. The highest BCUT2D eigenvalue weighted by molar-refractivity contribution is 6.18. The molecule has 0 bridgehead atoms. The number of phenols is 1. The predicted molar refractivity (Wildman–Crippen MR) is 518 cm³/mol. The number of likely N-dealkylation sites (N-methyl/N-ethyl adjacent to an activating group) is 4. The third-order valence-corrected chi connectivity index (χ3v) is 23.5. The van der Waals surface area contributed by atoms with Crippen molar-refractivity contribution in [1.82, 2.24) is 59.5 Å². The number of β-amino-alcohol motifs (C(OH)–C–C–N with tert-alkyl or cyclic N) is 2. The van der Waals surface area contributed by atoms with Gasteiger partial charge in [0.15, 0.2) is 5.84 Å². The van der Waals surface area contributed by atoms with Gasteiger partial charge in [-0.15, -0.1) is 11.6 Å². The van der Waals surface area contributed by atoms with Gasteiger partial charge in [0.2, 0.25) is 29.4 Å². The molecule has 3 fully saturated rings. The van der Waals surface area contributed by atoms with Gasteiger partial charge in [-0.1, -0.05) is 77.0 Å². The Morgan fingerprint density at radius 2 is 0.779 bits per heavy atom. The number of aliphatic hydroxyl groups excluding tert-OH is 2. The van der Waals surface area contributed by atoms with Gasteiger partial charge in [-0.3, -0.25) is 14.4 Å². The van der Waals surface area contributed by atoms with Crippen molar-refractivity contribution in [2.45, 2.75) is 83.8 Å². The number of nitrogens with two attached hydrogens (primary N) is 1. The first kappa shape index (κ1) is 105. The smallest absolute Gasteiger partial charge is 0.338 e. The SMILES string of the molecule is CCCN1C(=O)CC2Cc3c(/C(N)=N/O)cccc3C21.CCOC(=O)c1ccc(O)cc1.CCOC(=O)c1ccc(OCCN(C)C)cc1.CN(C)CCCl.CN(C)CCOc1ccc(-c2nc(-c3cccc4c3CC3CC(=O)N(CCO)C43)no2)cc1.CN(C)CCOc1ccc(-c2nc(-c3cccc4c3CC3CC(=O)N(CCO)C43)no2)cc1.CN(C)CCOc1ccc(C(=O)O)cc1. The second-order valence-corrected chi connectivity index (χ2v) is 34.9. The average molecular weight is 1890 g/mol. The number of nitrogens with zero attached hydrogens (tertiary/aromatic N) is 13. The molecule has 8 aromatic carbocycles. The van der Waals surface area contributed by atoms with Gasteiger partial charge in [0, 0.05) is 105 Å². The Bertz CT molecular complexity index is 5340. The number of amides is 3.